The lowest BCUT2D eigenvalue weighted by Gasteiger charge is -1.98. The summed E-state index contributed by atoms with van der Waals surface area (Å²) in [6, 6.07) is 8.61. The van der Waals surface area contributed by atoms with Gasteiger partial charge in [0.1, 0.15) is 5.75 Å². The highest BCUT2D eigenvalue weighted by Crippen LogP contribution is 2.08. The van der Waals surface area contributed by atoms with Crippen molar-refractivity contribution in [3.63, 3.8) is 0 Å². The van der Waals surface area contributed by atoms with Gasteiger partial charge in [-0.3, -0.25) is 0 Å². The molecule has 0 aliphatic carbocycles. The lowest BCUT2D eigenvalue weighted by molar-refractivity contribution is 1.40. The van der Waals surface area contributed by atoms with Gasteiger partial charge in [0, 0.05) is 5.56 Å². The minimum Gasteiger partial charge on any atom is -0.0985 e. The summed E-state index contributed by atoms with van der Waals surface area (Å²) in [5.41, 5.74) is 2.62. The van der Waals surface area contributed by atoms with Crippen molar-refractivity contribution < 1.29 is 0 Å². The molecule has 0 aliphatic rings. The first-order valence-electron chi connectivity index (χ1n) is 4.98. The lowest BCUT2D eigenvalue weighted by atomic mass is 10.1. The summed E-state index contributed by atoms with van der Waals surface area (Å²) in [6.07, 6.45) is 6.41. The van der Waals surface area contributed by atoms with Crippen LogP contribution in [0.3, 0.4) is 0 Å². The Hall–Kier alpha value is -0.690. The summed E-state index contributed by atoms with van der Waals surface area (Å²) in [5.74, 6) is 1.19. The van der Waals surface area contributed by atoms with Crippen LogP contribution in [0.15, 0.2) is 30.8 Å². The van der Waals surface area contributed by atoms with Gasteiger partial charge in [-0.2, -0.15) is 0 Å². The normalized spacial score (nSPS) is 9.21. The quantitative estimate of drug-likeness (QED) is 0.665. The molecule has 0 fully saturated rings. The van der Waals surface area contributed by atoms with E-state index in [2.05, 4.69) is 43.4 Å². The van der Waals surface area contributed by atoms with Gasteiger partial charge >= 0.3 is 0 Å². The largest absolute Gasteiger partial charge is 0.132 e. The van der Waals surface area contributed by atoms with E-state index in [1.165, 1.54) is 16.9 Å². The van der Waals surface area contributed by atoms with Crippen LogP contribution in [-0.4, -0.2) is 12.5 Å². The molecule has 0 amide bonds. The van der Waals surface area contributed by atoms with E-state index in [9.17, 15) is 0 Å². The SMILES string of the molecule is C=Cc1ccc(C[S+](C)C)cc1.CC. The standard InChI is InChI=1S/C11H15S.C2H6/c1-4-10-5-7-11(8-6-10)9-12(2)3;1-2/h4-8H,1,9H2,2-3H3;1-2H3/q+1;. The summed E-state index contributed by atoms with van der Waals surface area (Å²) in [6.45, 7) is 7.72. The first kappa shape index (κ1) is 13.3. The molecule has 0 aromatic heterocycles. The van der Waals surface area contributed by atoms with Crippen LogP contribution in [0.25, 0.3) is 6.08 Å². The zero-order chi connectivity index (χ0) is 11.0. The monoisotopic (exact) mass is 209 g/mol. The topological polar surface area (TPSA) is 0 Å². The van der Waals surface area contributed by atoms with Gasteiger partial charge in [-0.15, -0.1) is 0 Å². The van der Waals surface area contributed by atoms with E-state index in [0.29, 0.717) is 10.9 Å². The molecular weight excluding hydrogens is 188 g/mol. The second-order valence-corrected chi connectivity index (χ2v) is 5.34. The van der Waals surface area contributed by atoms with Gasteiger partial charge in [-0.05, 0) is 16.5 Å². The van der Waals surface area contributed by atoms with Crippen molar-refractivity contribution in [2.75, 3.05) is 12.5 Å². The van der Waals surface area contributed by atoms with Gasteiger partial charge < -0.3 is 0 Å². The van der Waals surface area contributed by atoms with E-state index in [1.54, 1.807) is 0 Å². The molecule has 14 heavy (non-hydrogen) atoms. The second-order valence-electron chi connectivity index (χ2n) is 3.08. The highest BCUT2D eigenvalue weighted by atomic mass is 32.2. The molecule has 0 bridgehead atoms. The predicted molar refractivity (Wildman–Crippen MR) is 70.8 cm³/mol. The van der Waals surface area contributed by atoms with Crippen LogP contribution in [0.4, 0.5) is 0 Å². The fraction of sp³-hybridized carbons (Fsp3) is 0.385. The van der Waals surface area contributed by atoms with Gasteiger partial charge in [0.15, 0.2) is 0 Å². The molecular formula is C13H21S+. The van der Waals surface area contributed by atoms with Gasteiger partial charge in [0.2, 0.25) is 0 Å². The Morgan fingerprint density at radius 3 is 2.00 bits per heavy atom. The van der Waals surface area contributed by atoms with Crippen LogP contribution in [0, 0.1) is 0 Å². The van der Waals surface area contributed by atoms with Crippen molar-refractivity contribution in [3.8, 4) is 0 Å². The Labute approximate surface area is 91.4 Å². The smallest absolute Gasteiger partial charge is 0.0985 e. The van der Waals surface area contributed by atoms with Gasteiger partial charge in [-0.25, -0.2) is 0 Å². The Kier molecular flexibility index (Phi) is 7.31. The van der Waals surface area contributed by atoms with Crippen LogP contribution in [0.1, 0.15) is 25.0 Å². The lowest BCUT2D eigenvalue weighted by Crippen LogP contribution is -1.98. The highest BCUT2D eigenvalue weighted by molar-refractivity contribution is 7.94. The Morgan fingerprint density at radius 2 is 1.64 bits per heavy atom. The van der Waals surface area contributed by atoms with Crippen molar-refractivity contribution in [2.45, 2.75) is 19.6 Å². The molecule has 0 N–H and O–H groups in total. The second kappa shape index (κ2) is 7.69. The molecule has 0 nitrogen and oxygen atoms in total. The number of benzene rings is 1. The van der Waals surface area contributed by atoms with Crippen molar-refractivity contribution in [3.05, 3.63) is 42.0 Å². The Balaban J connectivity index is 0.000000791. The first-order valence-corrected chi connectivity index (χ1v) is 7.19. The van der Waals surface area contributed by atoms with E-state index >= 15 is 0 Å². The maximum absolute atomic E-state index is 3.72. The third-order valence-electron chi connectivity index (χ3n) is 1.67. The minimum atomic E-state index is 0.499. The molecule has 0 spiro atoms. The van der Waals surface area contributed by atoms with Gasteiger partial charge in [-0.1, -0.05) is 50.8 Å². The fourth-order valence-corrected chi connectivity index (χ4v) is 1.94. The van der Waals surface area contributed by atoms with Crippen LogP contribution in [-0.2, 0) is 16.6 Å². The molecule has 0 unspecified atom stereocenters. The molecule has 1 heteroatoms. The van der Waals surface area contributed by atoms with E-state index in [1.807, 2.05) is 19.9 Å². The van der Waals surface area contributed by atoms with Crippen LogP contribution in [0.5, 0.6) is 0 Å². The summed E-state index contributed by atoms with van der Waals surface area (Å²) in [7, 11) is 0.499. The molecule has 1 aromatic rings. The van der Waals surface area contributed by atoms with Crippen molar-refractivity contribution in [1.82, 2.24) is 0 Å². The summed E-state index contributed by atoms with van der Waals surface area (Å²) in [5, 5.41) is 0. The number of rotatable bonds is 3. The molecule has 1 aromatic carbocycles. The average molecular weight is 209 g/mol. The van der Waals surface area contributed by atoms with E-state index < -0.39 is 0 Å². The van der Waals surface area contributed by atoms with Crippen molar-refractivity contribution in [2.24, 2.45) is 0 Å². The number of hydrogen-bond acceptors (Lipinski definition) is 0. The molecule has 0 aliphatic heterocycles. The summed E-state index contributed by atoms with van der Waals surface area (Å²) < 4.78 is 0. The van der Waals surface area contributed by atoms with E-state index in [-0.39, 0.29) is 0 Å². The molecule has 78 valence electrons. The molecule has 0 atom stereocenters. The van der Waals surface area contributed by atoms with E-state index in [0.717, 1.165) is 0 Å². The van der Waals surface area contributed by atoms with Crippen molar-refractivity contribution in [1.29, 1.82) is 0 Å². The third-order valence-corrected chi connectivity index (χ3v) is 2.58. The third kappa shape index (κ3) is 5.13. The van der Waals surface area contributed by atoms with Crippen LogP contribution >= 0.6 is 0 Å². The number of hydrogen-bond donors (Lipinski definition) is 0. The molecule has 0 saturated heterocycles. The zero-order valence-corrected chi connectivity index (χ0v) is 10.5. The maximum atomic E-state index is 3.72. The van der Waals surface area contributed by atoms with Gasteiger partial charge in [0.05, 0.1) is 12.5 Å². The fourth-order valence-electron chi connectivity index (χ4n) is 1.08. The Bertz CT molecular complexity index is 246. The average Bonchev–Trinajstić information content (AvgIpc) is 2.21. The van der Waals surface area contributed by atoms with Crippen molar-refractivity contribution >= 4 is 17.0 Å². The van der Waals surface area contributed by atoms with E-state index in [4.69, 9.17) is 0 Å². The molecule has 1 rings (SSSR count). The van der Waals surface area contributed by atoms with Crippen LogP contribution < -0.4 is 0 Å². The molecule has 0 heterocycles. The highest BCUT2D eigenvalue weighted by Gasteiger charge is 2.03. The van der Waals surface area contributed by atoms with Crippen LogP contribution in [0.2, 0.25) is 0 Å². The first-order chi connectivity index (χ1) is 6.72. The summed E-state index contributed by atoms with van der Waals surface area (Å²) >= 11 is 0. The predicted octanol–water partition coefficient (Wildman–Crippen LogP) is 3.73. The maximum Gasteiger partial charge on any atom is 0.132 e. The zero-order valence-electron chi connectivity index (χ0n) is 9.71. The molecule has 0 saturated carbocycles. The molecule has 0 radical (unpaired) electrons. The summed E-state index contributed by atoms with van der Waals surface area (Å²) in [4.78, 5) is 0. The minimum absolute atomic E-state index is 0.499. The van der Waals surface area contributed by atoms with Gasteiger partial charge in [0.25, 0.3) is 0 Å². The Morgan fingerprint density at radius 1 is 1.14 bits per heavy atom.